The van der Waals surface area contributed by atoms with Gasteiger partial charge in [-0.3, -0.25) is 0 Å². The van der Waals surface area contributed by atoms with Gasteiger partial charge in [0.2, 0.25) is 0 Å². The van der Waals surface area contributed by atoms with Gasteiger partial charge in [-0.2, -0.15) is 0 Å². The predicted octanol–water partition coefficient (Wildman–Crippen LogP) is 5.80. The van der Waals surface area contributed by atoms with E-state index in [0.717, 1.165) is 22.3 Å². The molecule has 204 valence electrons. The molecule has 4 aromatic rings. The Labute approximate surface area is 232 Å². The second-order valence-electron chi connectivity index (χ2n) is 9.27. The third-order valence-electron chi connectivity index (χ3n) is 6.89. The van der Waals surface area contributed by atoms with Crippen LogP contribution in [-0.2, 0) is 9.53 Å². The monoisotopic (exact) mass is 539 g/mol. The van der Waals surface area contributed by atoms with Crippen molar-refractivity contribution in [1.82, 2.24) is 5.32 Å². The molecule has 8 nitrogen and oxygen atoms in total. The zero-order valence-corrected chi connectivity index (χ0v) is 22.1. The van der Waals surface area contributed by atoms with E-state index in [2.05, 4.69) is 29.6 Å². The molecule has 1 atom stereocenters. The molecule has 0 aliphatic heterocycles. The number of alkyl carbamates (subject to hydrolysis) is 1. The molecule has 5 rings (SSSR count). The molecule has 0 saturated carbocycles. The van der Waals surface area contributed by atoms with Gasteiger partial charge in [0.25, 0.3) is 0 Å². The van der Waals surface area contributed by atoms with Crippen molar-refractivity contribution >= 4 is 12.1 Å². The maximum Gasteiger partial charge on any atom is 0.407 e. The lowest BCUT2D eigenvalue weighted by Gasteiger charge is -2.23. The molecule has 0 aromatic heterocycles. The maximum atomic E-state index is 13.3. The molecule has 1 aliphatic rings. The number of para-hydroxylation sites is 1. The summed E-state index contributed by atoms with van der Waals surface area (Å²) in [5, 5.41) is 12.1. The van der Waals surface area contributed by atoms with Gasteiger partial charge in [0, 0.05) is 17.5 Å². The van der Waals surface area contributed by atoms with Crippen LogP contribution < -0.4 is 19.5 Å². The molecule has 0 spiro atoms. The number of carboxylic acid groups (broad SMARTS) is 1. The first-order chi connectivity index (χ1) is 19.5. The van der Waals surface area contributed by atoms with E-state index in [1.807, 2.05) is 24.3 Å². The zero-order chi connectivity index (χ0) is 28.1. The summed E-state index contributed by atoms with van der Waals surface area (Å²) in [6.07, 6.45) is -0.637. The number of ether oxygens (including phenoxy) is 4. The highest BCUT2D eigenvalue weighted by Crippen LogP contribution is 2.44. The molecule has 0 heterocycles. The fourth-order valence-corrected chi connectivity index (χ4v) is 5.08. The van der Waals surface area contributed by atoms with E-state index in [1.165, 1.54) is 14.2 Å². The normalized spacial score (nSPS) is 12.6. The molecule has 0 saturated heterocycles. The summed E-state index contributed by atoms with van der Waals surface area (Å²) in [7, 11) is 3.08. The minimum Gasteiger partial charge on any atom is -0.497 e. The van der Waals surface area contributed by atoms with Crippen molar-refractivity contribution in [2.75, 3.05) is 27.4 Å². The van der Waals surface area contributed by atoms with Crippen molar-refractivity contribution in [3.63, 3.8) is 0 Å². The predicted molar refractivity (Wildman–Crippen MR) is 149 cm³/mol. The lowest BCUT2D eigenvalue weighted by atomic mass is 9.97. The number of benzene rings is 4. The number of amides is 1. The second kappa shape index (κ2) is 11.8. The fraction of sp³-hybridized carbons (Fsp3) is 0.188. The molecule has 8 heteroatoms. The Kier molecular flexibility index (Phi) is 7.87. The topological polar surface area (TPSA) is 103 Å². The molecule has 1 unspecified atom stereocenters. The highest BCUT2D eigenvalue weighted by atomic mass is 16.5. The molecule has 0 fully saturated rings. The Hall–Kier alpha value is -4.98. The van der Waals surface area contributed by atoms with E-state index in [0.29, 0.717) is 28.4 Å². The van der Waals surface area contributed by atoms with Crippen LogP contribution in [0.4, 0.5) is 4.79 Å². The lowest BCUT2D eigenvalue weighted by Crippen LogP contribution is -2.31. The molecule has 2 N–H and O–H groups in total. The van der Waals surface area contributed by atoms with Crippen LogP contribution in [0, 0.1) is 0 Å². The first-order valence-corrected chi connectivity index (χ1v) is 12.8. The summed E-state index contributed by atoms with van der Waals surface area (Å²) in [6, 6.07) is 27.7. The van der Waals surface area contributed by atoms with Crippen molar-refractivity contribution in [2.45, 2.75) is 12.0 Å². The van der Waals surface area contributed by atoms with Gasteiger partial charge in [0.05, 0.1) is 20.3 Å². The average Bonchev–Trinajstić information content (AvgIpc) is 3.31. The molecule has 0 radical (unpaired) electrons. The molecular formula is C32H29NO7. The van der Waals surface area contributed by atoms with Gasteiger partial charge in [-0.1, -0.05) is 66.7 Å². The van der Waals surface area contributed by atoms with E-state index in [9.17, 15) is 9.59 Å². The van der Waals surface area contributed by atoms with Crippen LogP contribution in [0.3, 0.4) is 0 Å². The van der Waals surface area contributed by atoms with Crippen LogP contribution in [0.5, 0.6) is 17.2 Å². The van der Waals surface area contributed by atoms with Crippen LogP contribution in [0.15, 0.2) is 91.0 Å². The van der Waals surface area contributed by atoms with Gasteiger partial charge >= 0.3 is 12.1 Å². The molecule has 1 aliphatic carbocycles. The smallest absolute Gasteiger partial charge is 0.407 e. The van der Waals surface area contributed by atoms with E-state index >= 15 is 0 Å². The second-order valence-corrected chi connectivity index (χ2v) is 9.27. The van der Waals surface area contributed by atoms with Crippen molar-refractivity contribution in [1.29, 1.82) is 0 Å². The van der Waals surface area contributed by atoms with Gasteiger partial charge in [0.1, 0.15) is 23.9 Å². The van der Waals surface area contributed by atoms with E-state index in [-0.39, 0.29) is 12.5 Å². The number of rotatable bonds is 10. The zero-order valence-electron chi connectivity index (χ0n) is 22.1. The lowest BCUT2D eigenvalue weighted by molar-refractivity contribution is -0.139. The van der Waals surface area contributed by atoms with Crippen LogP contribution in [-0.4, -0.2) is 44.6 Å². The standard InChI is InChI=1S/C32H29NO7/c1-37-21-15-20(16-22(17-21)38-2)31(27-13-7-8-14-29(27)39-19-30(34)35)33-32(36)40-18-28-25-11-5-3-9-23(25)24-10-4-6-12-26(24)28/h3-17,28,31H,18-19H2,1-2H3,(H,33,36)(H,34,35). The molecule has 4 aromatic carbocycles. The minimum absolute atomic E-state index is 0.0975. The van der Waals surface area contributed by atoms with E-state index in [4.69, 9.17) is 24.1 Å². The van der Waals surface area contributed by atoms with Crippen LogP contribution in [0.1, 0.15) is 34.2 Å². The summed E-state index contributed by atoms with van der Waals surface area (Å²) < 4.78 is 22.3. The summed E-state index contributed by atoms with van der Waals surface area (Å²) in [6.45, 7) is -0.388. The Bertz CT molecular complexity index is 1470. The molecule has 40 heavy (non-hydrogen) atoms. The average molecular weight is 540 g/mol. The number of hydrogen-bond acceptors (Lipinski definition) is 6. The number of nitrogens with one attached hydrogen (secondary N) is 1. The first-order valence-electron chi connectivity index (χ1n) is 12.8. The van der Waals surface area contributed by atoms with Crippen molar-refractivity contribution in [3.05, 3.63) is 113 Å². The third-order valence-corrected chi connectivity index (χ3v) is 6.89. The van der Waals surface area contributed by atoms with Gasteiger partial charge in [-0.15, -0.1) is 0 Å². The van der Waals surface area contributed by atoms with Gasteiger partial charge < -0.3 is 29.4 Å². The van der Waals surface area contributed by atoms with Crippen molar-refractivity contribution < 1.29 is 33.6 Å². The first kappa shape index (κ1) is 26.6. The number of methoxy groups -OCH3 is 2. The molecular weight excluding hydrogens is 510 g/mol. The van der Waals surface area contributed by atoms with Crippen LogP contribution in [0.25, 0.3) is 11.1 Å². The number of hydrogen-bond donors (Lipinski definition) is 2. The molecule has 1 amide bonds. The van der Waals surface area contributed by atoms with E-state index in [1.54, 1.807) is 42.5 Å². The number of carbonyl (C=O) groups is 2. The van der Waals surface area contributed by atoms with Gasteiger partial charge in [0.15, 0.2) is 6.61 Å². The van der Waals surface area contributed by atoms with Crippen LogP contribution in [0.2, 0.25) is 0 Å². The SMILES string of the molecule is COc1cc(OC)cc(C(NC(=O)OCC2c3ccccc3-c3ccccc32)c2ccccc2OCC(=O)O)c1. The van der Waals surface area contributed by atoms with Gasteiger partial charge in [-0.25, -0.2) is 9.59 Å². The minimum atomic E-state index is -1.11. The van der Waals surface area contributed by atoms with Gasteiger partial charge in [-0.05, 0) is 46.0 Å². The quantitative estimate of drug-likeness (QED) is 0.263. The van der Waals surface area contributed by atoms with Crippen molar-refractivity contribution in [2.24, 2.45) is 0 Å². The highest BCUT2D eigenvalue weighted by Gasteiger charge is 2.30. The third kappa shape index (κ3) is 5.56. The highest BCUT2D eigenvalue weighted by molar-refractivity contribution is 5.79. The molecule has 0 bridgehead atoms. The number of fused-ring (bicyclic) bond motifs is 3. The Balaban J connectivity index is 1.43. The fourth-order valence-electron chi connectivity index (χ4n) is 5.08. The maximum absolute atomic E-state index is 13.3. The van der Waals surface area contributed by atoms with Crippen LogP contribution >= 0.6 is 0 Å². The number of aliphatic carboxylic acids is 1. The Morgan fingerprint density at radius 1 is 0.825 bits per heavy atom. The summed E-state index contributed by atoms with van der Waals surface area (Å²) in [5.41, 5.74) is 5.68. The number of carboxylic acids is 1. The largest absolute Gasteiger partial charge is 0.497 e. The van der Waals surface area contributed by atoms with Crippen molar-refractivity contribution in [3.8, 4) is 28.4 Å². The number of carbonyl (C=O) groups excluding carboxylic acids is 1. The summed E-state index contributed by atoms with van der Waals surface area (Å²) >= 11 is 0. The Morgan fingerprint density at radius 2 is 1.40 bits per heavy atom. The van der Waals surface area contributed by atoms with E-state index < -0.39 is 24.7 Å². The Morgan fingerprint density at radius 3 is 2.00 bits per heavy atom. The summed E-state index contributed by atoms with van der Waals surface area (Å²) in [4.78, 5) is 24.5. The summed E-state index contributed by atoms with van der Waals surface area (Å²) in [5.74, 6) is 0.157.